The van der Waals surface area contributed by atoms with Gasteiger partial charge in [-0.05, 0) is 45.9 Å². The Balaban J connectivity index is 1.82. The van der Waals surface area contributed by atoms with Gasteiger partial charge in [-0.3, -0.25) is 4.79 Å². The van der Waals surface area contributed by atoms with Crippen molar-refractivity contribution in [3.8, 4) is 0 Å². The van der Waals surface area contributed by atoms with Gasteiger partial charge in [0.25, 0.3) is 0 Å². The number of carbonyl (C=O) groups is 1. The highest BCUT2D eigenvalue weighted by Gasteiger charge is 2.05. The maximum Gasteiger partial charge on any atom is 0.244 e. The van der Waals surface area contributed by atoms with E-state index >= 15 is 0 Å². The molecule has 0 spiro atoms. The maximum atomic E-state index is 11.7. The lowest BCUT2D eigenvalue weighted by atomic mass is 10.3. The summed E-state index contributed by atoms with van der Waals surface area (Å²) in [5.74, 6) is -0.0880. The molecule has 0 aliphatic heterocycles. The van der Waals surface area contributed by atoms with Crippen molar-refractivity contribution in [1.82, 2.24) is 14.9 Å². The van der Waals surface area contributed by atoms with Crippen LogP contribution < -0.4 is 5.32 Å². The van der Waals surface area contributed by atoms with Crippen LogP contribution in [0.2, 0.25) is 0 Å². The van der Waals surface area contributed by atoms with Crippen LogP contribution in [0.15, 0.2) is 40.0 Å². The zero-order chi connectivity index (χ0) is 13.7. The maximum absolute atomic E-state index is 11.7. The summed E-state index contributed by atoms with van der Waals surface area (Å²) in [5, 5.41) is 4.90. The summed E-state index contributed by atoms with van der Waals surface area (Å²) in [7, 11) is 0. The molecule has 100 valence electrons. The number of amides is 1. The number of imidazole rings is 1. The van der Waals surface area contributed by atoms with E-state index < -0.39 is 0 Å². The van der Waals surface area contributed by atoms with Crippen molar-refractivity contribution in [3.05, 3.63) is 45.6 Å². The summed E-state index contributed by atoms with van der Waals surface area (Å²) in [6.45, 7) is 2.68. The van der Waals surface area contributed by atoms with Crippen molar-refractivity contribution >= 4 is 39.2 Å². The fourth-order valence-corrected chi connectivity index (χ4v) is 2.77. The monoisotopic (exact) mass is 339 g/mol. The second kappa shape index (κ2) is 6.68. The van der Waals surface area contributed by atoms with Gasteiger partial charge in [-0.25, -0.2) is 4.98 Å². The standard InChI is InChI=1S/C13H14BrN3OS/c1-10(7-17-5-4-15-9-17)16-13(18)3-2-11-6-12(14)19-8-11/h2-6,8-10H,7H2,1H3,(H,16,18)/b3-2-/t10-/m1/s1. The van der Waals surface area contributed by atoms with Crippen LogP contribution in [0.1, 0.15) is 12.5 Å². The molecule has 2 aromatic rings. The number of hydrogen-bond acceptors (Lipinski definition) is 3. The quantitative estimate of drug-likeness (QED) is 0.851. The van der Waals surface area contributed by atoms with Crippen molar-refractivity contribution in [1.29, 1.82) is 0 Å². The molecule has 0 radical (unpaired) electrons. The van der Waals surface area contributed by atoms with E-state index in [1.54, 1.807) is 36.0 Å². The minimum atomic E-state index is -0.0880. The summed E-state index contributed by atoms with van der Waals surface area (Å²) in [4.78, 5) is 15.7. The number of thiophene rings is 1. The predicted molar refractivity (Wildman–Crippen MR) is 80.9 cm³/mol. The molecule has 0 saturated heterocycles. The number of rotatable bonds is 5. The Bertz CT molecular complexity index is 562. The highest BCUT2D eigenvalue weighted by atomic mass is 79.9. The molecule has 6 heteroatoms. The number of aromatic nitrogens is 2. The minimum absolute atomic E-state index is 0.0561. The average Bonchev–Trinajstić information content (AvgIpc) is 2.98. The van der Waals surface area contributed by atoms with Crippen LogP contribution in [0.3, 0.4) is 0 Å². The van der Waals surface area contributed by atoms with E-state index in [9.17, 15) is 4.79 Å². The van der Waals surface area contributed by atoms with Gasteiger partial charge in [0.15, 0.2) is 0 Å². The third kappa shape index (κ3) is 4.65. The van der Waals surface area contributed by atoms with E-state index in [1.807, 2.05) is 29.1 Å². The van der Waals surface area contributed by atoms with E-state index in [2.05, 4.69) is 26.2 Å². The molecule has 1 amide bonds. The van der Waals surface area contributed by atoms with Gasteiger partial charge in [-0.2, -0.15) is 0 Å². The summed E-state index contributed by atoms with van der Waals surface area (Å²) in [5.41, 5.74) is 1.02. The van der Waals surface area contributed by atoms with E-state index in [-0.39, 0.29) is 11.9 Å². The van der Waals surface area contributed by atoms with Gasteiger partial charge in [-0.1, -0.05) is 0 Å². The third-order valence-corrected chi connectivity index (χ3v) is 3.97. The molecule has 4 nitrogen and oxygen atoms in total. The lowest BCUT2D eigenvalue weighted by Gasteiger charge is -2.12. The minimum Gasteiger partial charge on any atom is -0.348 e. The molecule has 0 aliphatic carbocycles. The Morgan fingerprint density at radius 2 is 2.53 bits per heavy atom. The molecular formula is C13H14BrN3OS. The number of carbonyl (C=O) groups excluding carboxylic acids is 1. The number of halogens is 1. The Morgan fingerprint density at radius 3 is 3.16 bits per heavy atom. The van der Waals surface area contributed by atoms with Crippen molar-refractivity contribution < 1.29 is 4.79 Å². The number of nitrogens with one attached hydrogen (secondary N) is 1. The zero-order valence-corrected chi connectivity index (χ0v) is 12.8. The summed E-state index contributed by atoms with van der Waals surface area (Å²) >= 11 is 4.98. The second-order valence-electron chi connectivity index (χ2n) is 4.19. The lowest BCUT2D eigenvalue weighted by Crippen LogP contribution is -2.34. The average molecular weight is 340 g/mol. The van der Waals surface area contributed by atoms with Gasteiger partial charge in [-0.15, -0.1) is 11.3 Å². The normalized spacial score (nSPS) is 12.7. The van der Waals surface area contributed by atoms with Crippen LogP contribution in [-0.4, -0.2) is 21.5 Å². The van der Waals surface area contributed by atoms with Gasteiger partial charge >= 0.3 is 0 Å². The summed E-state index contributed by atoms with van der Waals surface area (Å²) in [6, 6.07) is 2.03. The molecule has 0 fully saturated rings. The van der Waals surface area contributed by atoms with Gasteiger partial charge in [0.2, 0.25) is 5.91 Å². The molecular weight excluding hydrogens is 326 g/mol. The van der Waals surface area contributed by atoms with E-state index in [1.165, 1.54) is 0 Å². The highest BCUT2D eigenvalue weighted by Crippen LogP contribution is 2.21. The van der Waals surface area contributed by atoms with E-state index in [0.29, 0.717) is 6.54 Å². The Labute approximate surface area is 124 Å². The molecule has 1 N–H and O–H groups in total. The van der Waals surface area contributed by atoms with Crippen LogP contribution in [-0.2, 0) is 11.3 Å². The fourth-order valence-electron chi connectivity index (χ4n) is 1.63. The molecule has 2 heterocycles. The van der Waals surface area contributed by atoms with Crippen LogP contribution >= 0.6 is 27.3 Å². The van der Waals surface area contributed by atoms with Crippen molar-refractivity contribution in [2.75, 3.05) is 0 Å². The van der Waals surface area contributed by atoms with Crippen molar-refractivity contribution in [2.24, 2.45) is 0 Å². The first-order chi connectivity index (χ1) is 9.13. The number of nitrogens with zero attached hydrogens (tertiary/aromatic N) is 2. The molecule has 0 unspecified atom stereocenters. The Kier molecular flexibility index (Phi) is 4.93. The van der Waals surface area contributed by atoms with Gasteiger partial charge in [0, 0.05) is 31.1 Å². The van der Waals surface area contributed by atoms with Gasteiger partial charge in [0.1, 0.15) is 0 Å². The third-order valence-electron chi connectivity index (χ3n) is 2.45. The molecule has 0 aliphatic rings. The second-order valence-corrected chi connectivity index (χ2v) is 6.48. The first kappa shape index (κ1) is 14.0. The first-order valence-corrected chi connectivity index (χ1v) is 7.49. The molecule has 0 bridgehead atoms. The molecule has 19 heavy (non-hydrogen) atoms. The smallest absolute Gasteiger partial charge is 0.244 e. The van der Waals surface area contributed by atoms with Crippen LogP contribution in [0.5, 0.6) is 0 Å². The SMILES string of the molecule is C[C@H](Cn1ccnc1)NC(=O)/C=C\c1csc(Br)c1. The largest absolute Gasteiger partial charge is 0.348 e. The van der Waals surface area contributed by atoms with E-state index in [4.69, 9.17) is 0 Å². The zero-order valence-electron chi connectivity index (χ0n) is 10.4. The number of hydrogen-bond donors (Lipinski definition) is 1. The highest BCUT2D eigenvalue weighted by molar-refractivity contribution is 9.11. The Hall–Kier alpha value is -1.40. The van der Waals surface area contributed by atoms with Crippen LogP contribution in [0.4, 0.5) is 0 Å². The van der Waals surface area contributed by atoms with Gasteiger partial charge in [0.05, 0.1) is 10.1 Å². The summed E-state index contributed by atoms with van der Waals surface area (Å²) < 4.78 is 2.99. The molecule has 2 aromatic heterocycles. The summed E-state index contributed by atoms with van der Waals surface area (Å²) in [6.07, 6.45) is 8.70. The first-order valence-electron chi connectivity index (χ1n) is 5.82. The predicted octanol–water partition coefficient (Wildman–Crippen LogP) is 2.93. The van der Waals surface area contributed by atoms with Crippen LogP contribution in [0, 0.1) is 0 Å². The fraction of sp³-hybridized carbons (Fsp3) is 0.231. The van der Waals surface area contributed by atoms with Crippen LogP contribution in [0.25, 0.3) is 6.08 Å². The lowest BCUT2D eigenvalue weighted by molar-refractivity contribution is -0.117. The topological polar surface area (TPSA) is 46.9 Å². The van der Waals surface area contributed by atoms with Crippen molar-refractivity contribution in [2.45, 2.75) is 19.5 Å². The molecule has 2 rings (SSSR count). The molecule has 1 atom stereocenters. The van der Waals surface area contributed by atoms with E-state index in [0.717, 1.165) is 9.35 Å². The van der Waals surface area contributed by atoms with Crippen molar-refractivity contribution in [3.63, 3.8) is 0 Å². The molecule has 0 aromatic carbocycles. The molecule has 0 saturated carbocycles. The Morgan fingerprint density at radius 1 is 1.68 bits per heavy atom. The van der Waals surface area contributed by atoms with Gasteiger partial charge < -0.3 is 9.88 Å².